The fourth-order valence-corrected chi connectivity index (χ4v) is 3.95. The van der Waals surface area contributed by atoms with Crippen LogP contribution in [0.4, 0.5) is 9.41 Å². The minimum Gasteiger partial charge on any atom is -0.503 e. The SMILES string of the molecule is COc1ccc(/C=C/c2cc(C)c3n2[B][N+]2=CC=CC2=C3CCN)c(Cl)c1O.F.F. The highest BCUT2D eigenvalue weighted by Crippen LogP contribution is 2.37. The fourth-order valence-electron chi connectivity index (χ4n) is 3.73. The van der Waals surface area contributed by atoms with Gasteiger partial charge in [0.05, 0.1) is 12.1 Å². The second-order valence-corrected chi connectivity index (χ2v) is 7.14. The molecule has 9 heteroatoms. The largest absolute Gasteiger partial charge is 0.699 e. The standard InChI is InChI=1S/C21H21BClN3O2.2FH/c1-13-12-15(7-5-14-6-8-18(28-2)21(27)19(14)23)26-20(13)16(9-10-24)17-4-3-11-25(17)22-26;;/h3-8,11-12,27H,9-10,24H2,1-2H3;2*1H/q+1;;/b7-5+;;. The van der Waals surface area contributed by atoms with E-state index < -0.39 is 0 Å². The summed E-state index contributed by atoms with van der Waals surface area (Å²) in [6, 6.07) is 5.66. The molecule has 0 bridgehead atoms. The monoisotopic (exact) mass is 433 g/mol. The van der Waals surface area contributed by atoms with Gasteiger partial charge in [-0.2, -0.15) is 0 Å². The lowest BCUT2D eigenvalue weighted by Crippen LogP contribution is -2.30. The number of hydrogen-bond acceptors (Lipinski definition) is 3. The smallest absolute Gasteiger partial charge is 0.503 e. The molecular formula is C21H23BClF2N3O2+. The number of aromatic nitrogens is 1. The van der Waals surface area contributed by atoms with Crippen LogP contribution >= 0.6 is 11.6 Å². The van der Waals surface area contributed by atoms with Gasteiger partial charge in [-0.05, 0) is 55.3 Å². The van der Waals surface area contributed by atoms with Gasteiger partial charge in [0.1, 0.15) is 6.21 Å². The Morgan fingerprint density at radius 1 is 1.30 bits per heavy atom. The molecular weight excluding hydrogens is 411 g/mol. The maximum atomic E-state index is 10.1. The number of aryl methyl sites for hydroxylation is 1. The molecule has 0 atom stereocenters. The molecule has 4 rings (SSSR count). The Labute approximate surface area is 179 Å². The fraction of sp³-hybridized carbons (Fsp3) is 0.190. The molecule has 0 aliphatic carbocycles. The van der Waals surface area contributed by atoms with E-state index in [1.807, 2.05) is 30.5 Å². The number of benzene rings is 1. The number of rotatable bonds is 5. The van der Waals surface area contributed by atoms with Crippen molar-refractivity contribution in [2.24, 2.45) is 5.73 Å². The van der Waals surface area contributed by atoms with Crippen molar-refractivity contribution in [1.29, 1.82) is 0 Å². The lowest BCUT2D eigenvalue weighted by molar-refractivity contribution is -0.307. The van der Waals surface area contributed by atoms with Gasteiger partial charge in [-0.25, -0.2) is 0 Å². The molecule has 157 valence electrons. The van der Waals surface area contributed by atoms with Crippen molar-refractivity contribution in [3.63, 3.8) is 0 Å². The number of halogens is 3. The van der Waals surface area contributed by atoms with Gasteiger partial charge < -0.3 is 20.1 Å². The van der Waals surface area contributed by atoms with Crippen molar-refractivity contribution in [3.05, 3.63) is 63.6 Å². The third-order valence-electron chi connectivity index (χ3n) is 5.03. The predicted molar refractivity (Wildman–Crippen MR) is 120 cm³/mol. The number of hydrogen-bond donors (Lipinski definition) is 2. The number of nitrogens with zero attached hydrogens (tertiary/aromatic N) is 2. The van der Waals surface area contributed by atoms with Crippen LogP contribution in [-0.4, -0.2) is 41.5 Å². The normalized spacial score (nSPS) is 13.9. The summed E-state index contributed by atoms with van der Waals surface area (Å²) in [5.74, 6) is 0.300. The van der Waals surface area contributed by atoms with Crippen LogP contribution in [0.1, 0.15) is 28.9 Å². The quantitative estimate of drug-likeness (QED) is 0.706. The Hall–Kier alpha value is -2.84. The maximum absolute atomic E-state index is 10.1. The van der Waals surface area contributed by atoms with Crippen LogP contribution in [0.5, 0.6) is 11.5 Å². The summed E-state index contributed by atoms with van der Waals surface area (Å²) in [7, 11) is 3.57. The summed E-state index contributed by atoms with van der Waals surface area (Å²) in [6.07, 6.45) is 10.9. The molecule has 30 heavy (non-hydrogen) atoms. The van der Waals surface area contributed by atoms with Crippen LogP contribution in [0.25, 0.3) is 17.7 Å². The molecule has 0 saturated heterocycles. The molecule has 2 aliphatic heterocycles. The molecule has 1 aromatic carbocycles. The van der Waals surface area contributed by atoms with Gasteiger partial charge in [-0.15, -0.1) is 0 Å². The lowest BCUT2D eigenvalue weighted by atomic mass is 9.94. The number of fused-ring (bicyclic) bond motifs is 2. The Morgan fingerprint density at radius 2 is 2.07 bits per heavy atom. The number of ether oxygens (including phenoxy) is 1. The number of phenolic OH excluding ortho intramolecular Hbond substituents is 1. The molecule has 0 unspecified atom stereocenters. The summed E-state index contributed by atoms with van der Waals surface area (Å²) in [5, 5.41) is 10.4. The molecule has 1 aromatic heterocycles. The van der Waals surface area contributed by atoms with Gasteiger partial charge in [0.2, 0.25) is 0 Å². The molecule has 2 aromatic rings. The van der Waals surface area contributed by atoms with Crippen LogP contribution in [-0.2, 0) is 0 Å². The summed E-state index contributed by atoms with van der Waals surface area (Å²) < 4.78 is 9.38. The third-order valence-corrected chi connectivity index (χ3v) is 5.42. The highest BCUT2D eigenvalue weighted by atomic mass is 35.5. The second-order valence-electron chi connectivity index (χ2n) is 6.76. The topological polar surface area (TPSA) is 63.4 Å². The molecule has 3 N–H and O–H groups in total. The van der Waals surface area contributed by atoms with Crippen LogP contribution in [0.2, 0.25) is 5.02 Å². The molecule has 1 radical (unpaired) electrons. The molecule has 2 aliphatic rings. The van der Waals surface area contributed by atoms with Crippen molar-refractivity contribution >= 4 is 43.1 Å². The first-order chi connectivity index (χ1) is 13.5. The third kappa shape index (κ3) is 3.80. The second kappa shape index (κ2) is 9.32. The first kappa shape index (κ1) is 23.4. The van der Waals surface area contributed by atoms with Gasteiger partial charge in [-0.1, -0.05) is 17.7 Å². The first-order valence-electron chi connectivity index (χ1n) is 9.09. The molecule has 0 fully saturated rings. The Morgan fingerprint density at radius 3 is 2.77 bits per heavy atom. The van der Waals surface area contributed by atoms with Crippen LogP contribution < -0.4 is 10.5 Å². The van der Waals surface area contributed by atoms with Crippen molar-refractivity contribution in [2.75, 3.05) is 13.7 Å². The van der Waals surface area contributed by atoms with Crippen LogP contribution in [0.3, 0.4) is 0 Å². The van der Waals surface area contributed by atoms with Crippen molar-refractivity contribution < 1.29 is 23.7 Å². The van der Waals surface area contributed by atoms with E-state index in [9.17, 15) is 5.11 Å². The molecule has 0 saturated carbocycles. The number of phenols is 1. The summed E-state index contributed by atoms with van der Waals surface area (Å²) in [4.78, 5) is 0. The highest BCUT2D eigenvalue weighted by molar-refractivity contribution is 6.34. The molecule has 0 spiro atoms. The van der Waals surface area contributed by atoms with Gasteiger partial charge >= 0.3 is 7.55 Å². The zero-order valence-electron chi connectivity index (χ0n) is 16.6. The van der Waals surface area contributed by atoms with E-state index in [2.05, 4.69) is 35.6 Å². The summed E-state index contributed by atoms with van der Waals surface area (Å²) >= 11 is 6.29. The average Bonchev–Trinajstić information content (AvgIpc) is 3.28. The molecule has 3 heterocycles. The zero-order chi connectivity index (χ0) is 19.8. The first-order valence-corrected chi connectivity index (χ1v) is 9.46. The molecule has 0 amide bonds. The van der Waals surface area contributed by atoms with E-state index >= 15 is 0 Å². The average molecular weight is 434 g/mol. The lowest BCUT2D eigenvalue weighted by Gasteiger charge is -2.18. The maximum Gasteiger partial charge on any atom is 0.699 e. The Bertz CT molecular complexity index is 1090. The van der Waals surface area contributed by atoms with Gasteiger partial charge in [0.25, 0.3) is 0 Å². The van der Waals surface area contributed by atoms with Crippen molar-refractivity contribution in [2.45, 2.75) is 13.3 Å². The molecule has 5 nitrogen and oxygen atoms in total. The van der Waals surface area contributed by atoms with Gasteiger partial charge in [-0.3, -0.25) is 13.9 Å². The zero-order valence-corrected chi connectivity index (χ0v) is 17.4. The van der Waals surface area contributed by atoms with Gasteiger partial charge in [0, 0.05) is 29.1 Å². The number of allylic oxidation sites excluding steroid dienone is 2. The van der Waals surface area contributed by atoms with E-state index in [4.69, 9.17) is 22.1 Å². The Kier molecular flexibility index (Phi) is 7.28. The van der Waals surface area contributed by atoms with Crippen molar-refractivity contribution in [1.82, 2.24) is 4.48 Å². The van der Waals surface area contributed by atoms with Crippen molar-refractivity contribution in [3.8, 4) is 11.5 Å². The van der Waals surface area contributed by atoms with E-state index in [0.717, 1.165) is 17.7 Å². The van der Waals surface area contributed by atoms with Crippen LogP contribution in [0, 0.1) is 6.92 Å². The van der Waals surface area contributed by atoms with E-state index in [1.165, 1.54) is 29.6 Å². The van der Waals surface area contributed by atoms with Gasteiger partial charge in [0.15, 0.2) is 17.2 Å². The van der Waals surface area contributed by atoms with E-state index in [-0.39, 0.29) is 20.2 Å². The number of aromatic hydroxyl groups is 1. The summed E-state index contributed by atoms with van der Waals surface area (Å²) in [5.41, 5.74) is 12.4. The number of nitrogens with two attached hydrogens (primary N) is 1. The predicted octanol–water partition coefficient (Wildman–Crippen LogP) is 3.75. The Balaban J connectivity index is 0.00000160. The number of methoxy groups -OCH3 is 1. The van der Waals surface area contributed by atoms with Crippen LogP contribution in [0.15, 0.2) is 36.0 Å². The van der Waals surface area contributed by atoms with E-state index in [0.29, 0.717) is 12.3 Å². The minimum atomic E-state index is -0.0539. The highest BCUT2D eigenvalue weighted by Gasteiger charge is 2.34. The summed E-state index contributed by atoms with van der Waals surface area (Å²) in [6.45, 7) is 2.70. The minimum absolute atomic E-state index is 0. The van der Waals surface area contributed by atoms with E-state index in [1.54, 1.807) is 6.07 Å².